The molecule has 100 valence electrons. The molecule has 0 saturated carbocycles. The number of nitrogens with two attached hydrogens (primary N) is 1. The molecule has 1 heterocycles. The molecule has 0 bridgehead atoms. The van der Waals surface area contributed by atoms with Crippen molar-refractivity contribution in [3.05, 3.63) is 46.3 Å². The maximum absolute atomic E-state index is 13.7. The van der Waals surface area contributed by atoms with E-state index in [1.807, 2.05) is 24.3 Å². The summed E-state index contributed by atoms with van der Waals surface area (Å²) in [6.45, 7) is 0.525. The van der Waals surface area contributed by atoms with Crippen LogP contribution in [-0.2, 0) is 6.54 Å². The summed E-state index contributed by atoms with van der Waals surface area (Å²) < 4.78 is 14.7. The van der Waals surface area contributed by atoms with Gasteiger partial charge >= 0.3 is 0 Å². The highest BCUT2D eigenvalue weighted by Crippen LogP contribution is 2.19. The Bertz CT molecular complexity index is 578. The van der Waals surface area contributed by atoms with Crippen LogP contribution in [0.1, 0.15) is 5.56 Å². The lowest BCUT2D eigenvalue weighted by atomic mass is 10.2. The molecule has 1 aromatic carbocycles. The molecule has 0 atom stereocenters. The van der Waals surface area contributed by atoms with Gasteiger partial charge in [-0.2, -0.15) is 4.98 Å². The first-order valence-corrected chi connectivity index (χ1v) is 6.34. The van der Waals surface area contributed by atoms with Crippen LogP contribution < -0.4 is 16.2 Å². The van der Waals surface area contributed by atoms with E-state index in [1.54, 1.807) is 11.9 Å². The van der Waals surface area contributed by atoms with Gasteiger partial charge in [-0.15, -0.1) is 0 Å². The molecule has 0 amide bonds. The van der Waals surface area contributed by atoms with Crippen molar-refractivity contribution < 1.29 is 4.39 Å². The van der Waals surface area contributed by atoms with Crippen LogP contribution >= 0.6 is 15.9 Å². The van der Waals surface area contributed by atoms with E-state index < -0.39 is 5.82 Å². The first-order chi connectivity index (χ1) is 9.10. The van der Waals surface area contributed by atoms with Crippen LogP contribution in [0, 0.1) is 5.82 Å². The van der Waals surface area contributed by atoms with E-state index in [9.17, 15) is 4.39 Å². The summed E-state index contributed by atoms with van der Waals surface area (Å²) in [6, 6.07) is 7.79. The predicted molar refractivity (Wildman–Crippen MR) is 76.0 cm³/mol. The Morgan fingerprint density at radius 1 is 1.47 bits per heavy atom. The van der Waals surface area contributed by atoms with Crippen molar-refractivity contribution >= 4 is 27.7 Å². The third-order valence-electron chi connectivity index (χ3n) is 2.53. The second-order valence-corrected chi connectivity index (χ2v) is 4.91. The highest BCUT2D eigenvalue weighted by molar-refractivity contribution is 9.10. The van der Waals surface area contributed by atoms with Gasteiger partial charge in [0.2, 0.25) is 5.95 Å². The van der Waals surface area contributed by atoms with Crippen molar-refractivity contribution in [3.8, 4) is 0 Å². The van der Waals surface area contributed by atoms with E-state index in [4.69, 9.17) is 5.84 Å². The summed E-state index contributed by atoms with van der Waals surface area (Å²) in [5.41, 5.74) is 3.34. The standard InChI is InChI=1S/C12H13BrFN5/c1-19(7-8-3-2-4-9(13)5-8)11-10(14)6-16-12(17-11)18-15/h2-6H,7,15H2,1H3,(H,16,17,18). The number of benzene rings is 1. The van der Waals surface area contributed by atoms with Gasteiger partial charge in [-0.3, -0.25) is 5.43 Å². The second kappa shape index (κ2) is 5.94. The zero-order valence-corrected chi connectivity index (χ0v) is 11.9. The molecular weight excluding hydrogens is 313 g/mol. The maximum atomic E-state index is 13.7. The fourth-order valence-electron chi connectivity index (χ4n) is 1.68. The first kappa shape index (κ1) is 13.7. The summed E-state index contributed by atoms with van der Waals surface area (Å²) >= 11 is 3.40. The third kappa shape index (κ3) is 3.39. The molecule has 0 fully saturated rings. The van der Waals surface area contributed by atoms with Gasteiger partial charge < -0.3 is 4.90 Å². The first-order valence-electron chi connectivity index (χ1n) is 5.55. The maximum Gasteiger partial charge on any atom is 0.239 e. The van der Waals surface area contributed by atoms with Crippen molar-refractivity contribution in [1.82, 2.24) is 9.97 Å². The summed E-state index contributed by atoms with van der Waals surface area (Å²) in [6.07, 6.45) is 1.09. The third-order valence-corrected chi connectivity index (χ3v) is 3.02. The van der Waals surface area contributed by atoms with E-state index in [1.165, 1.54) is 0 Å². The average Bonchev–Trinajstić information content (AvgIpc) is 2.39. The number of halogens is 2. The molecule has 0 aliphatic rings. The van der Waals surface area contributed by atoms with E-state index in [0.29, 0.717) is 6.54 Å². The van der Waals surface area contributed by atoms with Crippen LogP contribution in [0.5, 0.6) is 0 Å². The van der Waals surface area contributed by atoms with Gasteiger partial charge in [-0.25, -0.2) is 15.2 Å². The van der Waals surface area contributed by atoms with Gasteiger partial charge in [0.15, 0.2) is 11.6 Å². The van der Waals surface area contributed by atoms with Gasteiger partial charge in [-0.1, -0.05) is 28.1 Å². The van der Waals surface area contributed by atoms with Crippen molar-refractivity contribution in [2.75, 3.05) is 17.4 Å². The Morgan fingerprint density at radius 3 is 2.95 bits per heavy atom. The normalized spacial score (nSPS) is 10.3. The van der Waals surface area contributed by atoms with Crippen LogP contribution in [0.3, 0.4) is 0 Å². The number of hydrazine groups is 1. The number of hydrogen-bond donors (Lipinski definition) is 2. The minimum atomic E-state index is -0.489. The Kier molecular flexibility index (Phi) is 4.28. The number of nitrogens with one attached hydrogen (secondary N) is 1. The monoisotopic (exact) mass is 325 g/mol. The van der Waals surface area contributed by atoms with Gasteiger partial charge in [0.1, 0.15) is 0 Å². The molecule has 0 spiro atoms. The minimum absolute atomic E-state index is 0.178. The molecule has 1 aromatic heterocycles. The quantitative estimate of drug-likeness (QED) is 0.667. The topological polar surface area (TPSA) is 67.1 Å². The molecule has 5 nitrogen and oxygen atoms in total. The Hall–Kier alpha value is -1.73. The predicted octanol–water partition coefficient (Wildman–Crippen LogP) is 2.30. The molecule has 2 aromatic rings. The molecule has 3 N–H and O–H groups in total. The van der Waals surface area contributed by atoms with Crippen LogP contribution in [0.15, 0.2) is 34.9 Å². The molecule has 0 unspecified atom stereocenters. The number of nitrogens with zero attached hydrogens (tertiary/aromatic N) is 3. The smallest absolute Gasteiger partial charge is 0.239 e. The number of hydrogen-bond acceptors (Lipinski definition) is 5. The van der Waals surface area contributed by atoms with Crippen molar-refractivity contribution in [2.24, 2.45) is 5.84 Å². The highest BCUT2D eigenvalue weighted by Gasteiger charge is 2.11. The summed E-state index contributed by atoms with van der Waals surface area (Å²) in [7, 11) is 1.76. The van der Waals surface area contributed by atoms with Gasteiger partial charge in [0.25, 0.3) is 0 Å². The van der Waals surface area contributed by atoms with Crippen LogP contribution in [0.4, 0.5) is 16.2 Å². The van der Waals surface area contributed by atoms with Crippen molar-refractivity contribution in [2.45, 2.75) is 6.54 Å². The molecule has 0 radical (unpaired) electrons. The summed E-state index contributed by atoms with van der Waals surface area (Å²) in [5, 5.41) is 0. The number of anilines is 2. The van der Waals surface area contributed by atoms with Crippen LogP contribution in [0.25, 0.3) is 0 Å². The summed E-state index contributed by atoms with van der Waals surface area (Å²) in [4.78, 5) is 9.40. The van der Waals surface area contributed by atoms with E-state index in [0.717, 1.165) is 16.2 Å². The van der Waals surface area contributed by atoms with E-state index in [-0.39, 0.29) is 11.8 Å². The van der Waals surface area contributed by atoms with Crippen molar-refractivity contribution in [1.29, 1.82) is 0 Å². The lowest BCUT2D eigenvalue weighted by molar-refractivity contribution is 0.607. The van der Waals surface area contributed by atoms with Gasteiger partial charge in [0, 0.05) is 18.1 Å². The fraction of sp³-hybridized carbons (Fsp3) is 0.167. The van der Waals surface area contributed by atoms with Gasteiger partial charge in [-0.05, 0) is 17.7 Å². The van der Waals surface area contributed by atoms with Crippen LogP contribution in [-0.4, -0.2) is 17.0 Å². The number of nitrogen functional groups attached to an aromatic ring is 1. The van der Waals surface area contributed by atoms with Crippen molar-refractivity contribution in [3.63, 3.8) is 0 Å². The Labute approximate surface area is 118 Å². The van der Waals surface area contributed by atoms with E-state index in [2.05, 4.69) is 31.3 Å². The zero-order valence-electron chi connectivity index (χ0n) is 10.3. The number of rotatable bonds is 4. The molecular formula is C12H13BrFN5. The highest BCUT2D eigenvalue weighted by atomic mass is 79.9. The Morgan fingerprint density at radius 2 is 2.26 bits per heavy atom. The molecule has 0 aliphatic heterocycles. The molecule has 0 saturated heterocycles. The lowest BCUT2D eigenvalue weighted by Gasteiger charge is -2.19. The fourth-order valence-corrected chi connectivity index (χ4v) is 2.13. The minimum Gasteiger partial charge on any atom is -0.353 e. The van der Waals surface area contributed by atoms with Gasteiger partial charge in [0.05, 0.1) is 6.20 Å². The molecule has 0 aliphatic carbocycles. The molecule has 2 rings (SSSR count). The second-order valence-electron chi connectivity index (χ2n) is 4.00. The molecule has 7 heteroatoms. The Balaban J connectivity index is 2.22. The SMILES string of the molecule is CN(Cc1cccc(Br)c1)c1nc(NN)ncc1F. The lowest BCUT2D eigenvalue weighted by Crippen LogP contribution is -2.21. The zero-order chi connectivity index (χ0) is 13.8. The largest absolute Gasteiger partial charge is 0.353 e. The number of aromatic nitrogens is 2. The van der Waals surface area contributed by atoms with E-state index >= 15 is 0 Å². The van der Waals surface area contributed by atoms with Crippen LogP contribution in [0.2, 0.25) is 0 Å². The average molecular weight is 326 g/mol. The molecule has 19 heavy (non-hydrogen) atoms. The summed E-state index contributed by atoms with van der Waals surface area (Å²) in [5.74, 6) is 5.11.